The summed E-state index contributed by atoms with van der Waals surface area (Å²) in [6.45, 7) is 1.85. The van der Waals surface area contributed by atoms with E-state index >= 15 is 0 Å². The molecular weight excluding hydrogens is 194 g/mol. The second-order valence-corrected chi connectivity index (χ2v) is 4.64. The van der Waals surface area contributed by atoms with Crippen molar-refractivity contribution in [1.29, 1.82) is 0 Å². The standard InChI is InChI=1S/C10H19N3S/c14-10-11-7-13(8-12-10)9-5-3-1-2-4-6-9/h9H,1-8H2,(H2,11,12,14). The summed E-state index contributed by atoms with van der Waals surface area (Å²) in [6.07, 6.45) is 8.34. The van der Waals surface area contributed by atoms with Crippen LogP contribution in [0.2, 0.25) is 0 Å². The lowest BCUT2D eigenvalue weighted by atomic mass is 10.1. The van der Waals surface area contributed by atoms with Crippen LogP contribution in [0.1, 0.15) is 38.5 Å². The molecule has 3 nitrogen and oxygen atoms in total. The van der Waals surface area contributed by atoms with E-state index in [1.807, 2.05) is 0 Å². The van der Waals surface area contributed by atoms with Crippen LogP contribution in [0.5, 0.6) is 0 Å². The second kappa shape index (κ2) is 4.94. The zero-order valence-corrected chi connectivity index (χ0v) is 9.41. The topological polar surface area (TPSA) is 27.3 Å². The molecule has 0 aromatic rings. The van der Waals surface area contributed by atoms with Gasteiger partial charge in [-0.2, -0.15) is 0 Å². The van der Waals surface area contributed by atoms with Gasteiger partial charge in [0, 0.05) is 6.04 Å². The van der Waals surface area contributed by atoms with Crippen molar-refractivity contribution in [3.05, 3.63) is 0 Å². The van der Waals surface area contributed by atoms with Gasteiger partial charge in [-0.05, 0) is 25.1 Å². The highest BCUT2D eigenvalue weighted by Gasteiger charge is 2.22. The lowest BCUT2D eigenvalue weighted by Gasteiger charge is -2.35. The summed E-state index contributed by atoms with van der Waals surface area (Å²) in [5.41, 5.74) is 0. The molecule has 1 heterocycles. The molecule has 14 heavy (non-hydrogen) atoms. The third kappa shape index (κ3) is 2.58. The first kappa shape index (κ1) is 10.2. The van der Waals surface area contributed by atoms with Crippen LogP contribution in [-0.2, 0) is 0 Å². The van der Waals surface area contributed by atoms with Crippen LogP contribution >= 0.6 is 12.2 Å². The molecule has 1 saturated carbocycles. The maximum absolute atomic E-state index is 5.04. The zero-order valence-electron chi connectivity index (χ0n) is 8.59. The first-order chi connectivity index (χ1) is 6.86. The maximum Gasteiger partial charge on any atom is 0.168 e. The second-order valence-electron chi connectivity index (χ2n) is 4.23. The summed E-state index contributed by atoms with van der Waals surface area (Å²) >= 11 is 5.04. The molecule has 0 aromatic heterocycles. The Morgan fingerprint density at radius 3 is 2.14 bits per heavy atom. The Bertz CT molecular complexity index is 190. The fourth-order valence-corrected chi connectivity index (χ4v) is 2.48. The van der Waals surface area contributed by atoms with Gasteiger partial charge in [-0.25, -0.2) is 0 Å². The van der Waals surface area contributed by atoms with Crippen molar-refractivity contribution < 1.29 is 0 Å². The molecule has 4 heteroatoms. The number of nitrogens with one attached hydrogen (secondary N) is 2. The van der Waals surface area contributed by atoms with Crippen LogP contribution in [0.25, 0.3) is 0 Å². The summed E-state index contributed by atoms with van der Waals surface area (Å²) in [5.74, 6) is 0. The summed E-state index contributed by atoms with van der Waals surface area (Å²) in [5, 5.41) is 7.19. The zero-order chi connectivity index (χ0) is 9.80. The Balaban J connectivity index is 1.83. The molecule has 2 rings (SSSR count). The van der Waals surface area contributed by atoms with Crippen LogP contribution in [0.3, 0.4) is 0 Å². The average Bonchev–Trinajstić information content (AvgIpc) is 2.47. The molecule has 80 valence electrons. The molecule has 1 aliphatic heterocycles. The van der Waals surface area contributed by atoms with Crippen LogP contribution in [0.15, 0.2) is 0 Å². The van der Waals surface area contributed by atoms with Crippen molar-refractivity contribution in [3.8, 4) is 0 Å². The minimum absolute atomic E-state index is 0.764. The highest BCUT2D eigenvalue weighted by molar-refractivity contribution is 7.80. The molecule has 0 unspecified atom stereocenters. The molecule has 0 spiro atoms. The molecule has 0 radical (unpaired) electrons. The molecule has 1 aliphatic carbocycles. The molecular formula is C10H19N3S. The molecule has 2 N–H and O–H groups in total. The highest BCUT2D eigenvalue weighted by atomic mass is 32.1. The van der Waals surface area contributed by atoms with E-state index in [9.17, 15) is 0 Å². The van der Waals surface area contributed by atoms with Crippen molar-refractivity contribution in [2.24, 2.45) is 0 Å². The molecule has 0 amide bonds. The quantitative estimate of drug-likeness (QED) is 0.509. The van der Waals surface area contributed by atoms with Gasteiger partial charge in [-0.3, -0.25) is 4.90 Å². The molecule has 1 saturated heterocycles. The van der Waals surface area contributed by atoms with E-state index in [-0.39, 0.29) is 0 Å². The van der Waals surface area contributed by atoms with Gasteiger partial charge in [0.2, 0.25) is 0 Å². The van der Waals surface area contributed by atoms with E-state index < -0.39 is 0 Å². The number of nitrogens with zero attached hydrogens (tertiary/aromatic N) is 1. The lowest BCUT2D eigenvalue weighted by molar-refractivity contribution is 0.158. The van der Waals surface area contributed by atoms with Crippen molar-refractivity contribution >= 4 is 17.3 Å². The van der Waals surface area contributed by atoms with E-state index in [0.717, 1.165) is 24.5 Å². The van der Waals surface area contributed by atoms with Crippen molar-refractivity contribution in [3.63, 3.8) is 0 Å². The maximum atomic E-state index is 5.04. The van der Waals surface area contributed by atoms with Gasteiger partial charge >= 0.3 is 0 Å². The Kier molecular flexibility index (Phi) is 3.59. The van der Waals surface area contributed by atoms with Gasteiger partial charge in [0.1, 0.15) is 0 Å². The number of thiocarbonyl (C=S) groups is 1. The van der Waals surface area contributed by atoms with Crippen LogP contribution in [-0.4, -0.2) is 29.4 Å². The molecule has 0 aromatic carbocycles. The predicted molar refractivity (Wildman–Crippen MR) is 61.9 cm³/mol. The van der Waals surface area contributed by atoms with Gasteiger partial charge in [0.15, 0.2) is 5.11 Å². The Hall–Kier alpha value is -0.350. The fraction of sp³-hybridized carbons (Fsp3) is 0.900. The van der Waals surface area contributed by atoms with Gasteiger partial charge in [-0.1, -0.05) is 25.7 Å². The van der Waals surface area contributed by atoms with Gasteiger partial charge in [0.25, 0.3) is 0 Å². The van der Waals surface area contributed by atoms with E-state index in [4.69, 9.17) is 12.2 Å². The van der Waals surface area contributed by atoms with E-state index in [2.05, 4.69) is 15.5 Å². The Morgan fingerprint density at radius 2 is 1.57 bits per heavy atom. The Labute approximate surface area is 91.2 Å². The third-order valence-electron chi connectivity index (χ3n) is 3.23. The molecule has 2 fully saturated rings. The van der Waals surface area contributed by atoms with Crippen molar-refractivity contribution in [2.45, 2.75) is 44.6 Å². The van der Waals surface area contributed by atoms with Crippen LogP contribution in [0.4, 0.5) is 0 Å². The SMILES string of the molecule is S=C1NCN(C2CCCCCC2)CN1. The van der Waals surface area contributed by atoms with E-state index in [0.29, 0.717) is 0 Å². The molecule has 0 bridgehead atoms. The summed E-state index contributed by atoms with van der Waals surface area (Å²) in [6, 6.07) is 0.764. The third-order valence-corrected chi connectivity index (χ3v) is 3.52. The summed E-state index contributed by atoms with van der Waals surface area (Å²) in [4.78, 5) is 2.47. The lowest BCUT2D eigenvalue weighted by Crippen LogP contribution is -2.56. The van der Waals surface area contributed by atoms with Crippen molar-refractivity contribution in [1.82, 2.24) is 15.5 Å². The molecule has 0 atom stereocenters. The van der Waals surface area contributed by atoms with E-state index in [1.165, 1.54) is 38.5 Å². The van der Waals surface area contributed by atoms with Gasteiger partial charge in [-0.15, -0.1) is 0 Å². The van der Waals surface area contributed by atoms with Crippen molar-refractivity contribution in [2.75, 3.05) is 13.3 Å². The largest absolute Gasteiger partial charge is 0.350 e. The van der Waals surface area contributed by atoms with Gasteiger partial charge < -0.3 is 10.6 Å². The fourth-order valence-electron chi connectivity index (χ4n) is 2.35. The van der Waals surface area contributed by atoms with Gasteiger partial charge in [0.05, 0.1) is 13.3 Å². The predicted octanol–water partition coefficient (Wildman–Crippen LogP) is 1.40. The Morgan fingerprint density at radius 1 is 1.00 bits per heavy atom. The monoisotopic (exact) mass is 213 g/mol. The van der Waals surface area contributed by atoms with Crippen LogP contribution < -0.4 is 10.6 Å². The smallest absolute Gasteiger partial charge is 0.168 e. The van der Waals surface area contributed by atoms with Crippen LogP contribution in [0, 0.1) is 0 Å². The summed E-state index contributed by atoms with van der Waals surface area (Å²) in [7, 11) is 0. The molecule has 2 aliphatic rings. The highest BCUT2D eigenvalue weighted by Crippen LogP contribution is 2.21. The normalized spacial score (nSPS) is 26.4. The first-order valence-corrected chi connectivity index (χ1v) is 6.03. The minimum atomic E-state index is 0.764. The van der Waals surface area contributed by atoms with E-state index in [1.54, 1.807) is 0 Å². The minimum Gasteiger partial charge on any atom is -0.350 e. The number of hydrogen-bond acceptors (Lipinski definition) is 2. The number of rotatable bonds is 1. The average molecular weight is 213 g/mol. The number of hydrogen-bond donors (Lipinski definition) is 2. The first-order valence-electron chi connectivity index (χ1n) is 5.62. The summed E-state index contributed by atoms with van der Waals surface area (Å²) < 4.78 is 0.